The summed E-state index contributed by atoms with van der Waals surface area (Å²) in [5.74, 6) is 0.903. The zero-order valence-corrected chi connectivity index (χ0v) is 12.2. The van der Waals surface area contributed by atoms with Crippen molar-refractivity contribution in [2.45, 2.75) is 45.6 Å². The Kier molecular flexibility index (Phi) is 6.38. The Labute approximate surface area is 116 Å². The molecule has 0 fully saturated rings. The summed E-state index contributed by atoms with van der Waals surface area (Å²) in [6.07, 6.45) is 2.71. The van der Waals surface area contributed by atoms with Gasteiger partial charge in [-0.1, -0.05) is 19.1 Å². The van der Waals surface area contributed by atoms with Crippen LogP contribution in [0.4, 0.5) is 0 Å². The molecule has 19 heavy (non-hydrogen) atoms. The molecule has 3 nitrogen and oxygen atoms in total. The molecule has 0 bridgehead atoms. The molecule has 0 radical (unpaired) electrons. The van der Waals surface area contributed by atoms with Gasteiger partial charge in [0.1, 0.15) is 11.3 Å². The van der Waals surface area contributed by atoms with Crippen LogP contribution in [-0.4, -0.2) is 18.7 Å². The zero-order chi connectivity index (χ0) is 14.1. The van der Waals surface area contributed by atoms with E-state index in [9.17, 15) is 5.26 Å². The lowest BCUT2D eigenvalue weighted by atomic mass is 9.98. The van der Waals surface area contributed by atoms with E-state index in [1.807, 2.05) is 38.1 Å². The minimum absolute atomic E-state index is 0.439. The lowest BCUT2D eigenvalue weighted by Gasteiger charge is -2.23. The first kappa shape index (κ1) is 15.5. The van der Waals surface area contributed by atoms with Crippen LogP contribution in [0.25, 0.3) is 0 Å². The van der Waals surface area contributed by atoms with Crippen molar-refractivity contribution in [2.75, 3.05) is 13.2 Å². The number of nitrogens with one attached hydrogen (secondary N) is 1. The first-order valence-electron chi connectivity index (χ1n) is 6.95. The molecule has 1 atom stereocenters. The van der Waals surface area contributed by atoms with E-state index in [0.29, 0.717) is 6.61 Å². The maximum absolute atomic E-state index is 9.21. The molecule has 0 heterocycles. The third-order valence-corrected chi connectivity index (χ3v) is 3.09. The molecule has 0 saturated carbocycles. The molecule has 1 aromatic carbocycles. The standard InChI is InChI=1S/C16H24N2O/c1-4-10-18-16(3,13-17)9-6-11-19-15-8-5-7-14(2)12-15/h5,7-8,12,18H,4,6,9-11H2,1-3H3. The highest BCUT2D eigenvalue weighted by Gasteiger charge is 2.21. The van der Waals surface area contributed by atoms with Crippen LogP contribution in [0, 0.1) is 18.3 Å². The summed E-state index contributed by atoms with van der Waals surface area (Å²) in [7, 11) is 0. The summed E-state index contributed by atoms with van der Waals surface area (Å²) < 4.78 is 5.69. The Balaban J connectivity index is 2.31. The number of ether oxygens (including phenoxy) is 1. The summed E-state index contributed by atoms with van der Waals surface area (Å²) in [4.78, 5) is 0. The van der Waals surface area contributed by atoms with Crippen LogP contribution in [-0.2, 0) is 0 Å². The van der Waals surface area contributed by atoms with Gasteiger partial charge in [0.2, 0.25) is 0 Å². The van der Waals surface area contributed by atoms with Crippen LogP contribution in [0.2, 0.25) is 0 Å². The van der Waals surface area contributed by atoms with E-state index in [-0.39, 0.29) is 0 Å². The van der Waals surface area contributed by atoms with Gasteiger partial charge in [-0.3, -0.25) is 5.32 Å². The fourth-order valence-electron chi connectivity index (χ4n) is 1.91. The van der Waals surface area contributed by atoms with Crippen molar-refractivity contribution in [2.24, 2.45) is 0 Å². The lowest BCUT2D eigenvalue weighted by molar-refractivity contribution is 0.285. The molecule has 0 amide bonds. The van der Waals surface area contributed by atoms with E-state index in [2.05, 4.69) is 18.3 Å². The maximum atomic E-state index is 9.21. The molecule has 3 heteroatoms. The summed E-state index contributed by atoms with van der Waals surface area (Å²) in [5.41, 5.74) is 0.760. The van der Waals surface area contributed by atoms with Gasteiger partial charge in [0.05, 0.1) is 12.7 Å². The molecule has 1 aromatic rings. The number of nitrogens with zero attached hydrogens (tertiary/aromatic N) is 1. The van der Waals surface area contributed by atoms with Crippen molar-refractivity contribution in [3.63, 3.8) is 0 Å². The minimum atomic E-state index is -0.439. The number of rotatable bonds is 8. The molecule has 1 rings (SSSR count). The molecule has 104 valence electrons. The van der Waals surface area contributed by atoms with E-state index in [1.54, 1.807) is 0 Å². The van der Waals surface area contributed by atoms with Crippen LogP contribution >= 0.6 is 0 Å². The number of nitriles is 1. The predicted molar refractivity (Wildman–Crippen MR) is 78.2 cm³/mol. The Hall–Kier alpha value is -1.53. The van der Waals surface area contributed by atoms with Crippen LogP contribution in [0.1, 0.15) is 38.7 Å². The van der Waals surface area contributed by atoms with Crippen molar-refractivity contribution in [3.8, 4) is 11.8 Å². The van der Waals surface area contributed by atoms with E-state index < -0.39 is 5.54 Å². The third-order valence-electron chi connectivity index (χ3n) is 3.09. The van der Waals surface area contributed by atoms with Crippen molar-refractivity contribution in [1.29, 1.82) is 5.26 Å². The number of hydrogen-bond donors (Lipinski definition) is 1. The van der Waals surface area contributed by atoms with Gasteiger partial charge in [0, 0.05) is 0 Å². The van der Waals surface area contributed by atoms with E-state index in [1.165, 1.54) is 5.56 Å². The third kappa shape index (κ3) is 5.76. The Morgan fingerprint density at radius 1 is 1.42 bits per heavy atom. The Bertz CT molecular complexity index is 425. The second-order valence-electron chi connectivity index (χ2n) is 5.14. The monoisotopic (exact) mass is 260 g/mol. The second-order valence-corrected chi connectivity index (χ2v) is 5.14. The molecule has 0 saturated heterocycles. The normalized spacial score (nSPS) is 13.6. The predicted octanol–water partition coefficient (Wildman–Crippen LogP) is 3.44. The molecule has 0 aromatic heterocycles. The van der Waals surface area contributed by atoms with Crippen molar-refractivity contribution < 1.29 is 4.74 Å². The fourth-order valence-corrected chi connectivity index (χ4v) is 1.91. The van der Waals surface area contributed by atoms with E-state index in [0.717, 1.165) is 31.6 Å². The van der Waals surface area contributed by atoms with Crippen LogP contribution in [0.5, 0.6) is 5.75 Å². The summed E-state index contributed by atoms with van der Waals surface area (Å²) in [6, 6.07) is 10.4. The highest BCUT2D eigenvalue weighted by Crippen LogP contribution is 2.15. The van der Waals surface area contributed by atoms with Crippen LogP contribution in [0.15, 0.2) is 24.3 Å². The molecule has 0 aliphatic rings. The average molecular weight is 260 g/mol. The first-order valence-corrected chi connectivity index (χ1v) is 6.95. The SMILES string of the molecule is CCCNC(C)(C#N)CCCOc1cccc(C)c1. The number of aryl methyl sites for hydroxylation is 1. The molecule has 0 aliphatic carbocycles. The Morgan fingerprint density at radius 3 is 2.84 bits per heavy atom. The lowest BCUT2D eigenvalue weighted by Crippen LogP contribution is -2.41. The molecular weight excluding hydrogens is 236 g/mol. The summed E-state index contributed by atoms with van der Waals surface area (Å²) in [5, 5.41) is 12.5. The highest BCUT2D eigenvalue weighted by molar-refractivity contribution is 5.27. The van der Waals surface area contributed by atoms with Gasteiger partial charge < -0.3 is 4.74 Å². The average Bonchev–Trinajstić information content (AvgIpc) is 2.42. The molecular formula is C16H24N2O. The van der Waals surface area contributed by atoms with Crippen molar-refractivity contribution in [3.05, 3.63) is 29.8 Å². The molecule has 1 N–H and O–H groups in total. The topological polar surface area (TPSA) is 45.0 Å². The summed E-state index contributed by atoms with van der Waals surface area (Å²) in [6.45, 7) is 7.63. The van der Waals surface area contributed by atoms with Gasteiger partial charge in [-0.25, -0.2) is 0 Å². The molecule has 0 aliphatic heterocycles. The van der Waals surface area contributed by atoms with Gasteiger partial charge in [-0.15, -0.1) is 0 Å². The van der Waals surface area contributed by atoms with Crippen molar-refractivity contribution in [1.82, 2.24) is 5.32 Å². The largest absolute Gasteiger partial charge is 0.494 e. The van der Waals surface area contributed by atoms with Crippen LogP contribution in [0.3, 0.4) is 0 Å². The number of benzene rings is 1. The van der Waals surface area contributed by atoms with Crippen molar-refractivity contribution >= 4 is 0 Å². The second kappa shape index (κ2) is 7.81. The van der Waals surface area contributed by atoms with E-state index >= 15 is 0 Å². The van der Waals surface area contributed by atoms with Gasteiger partial charge in [-0.05, 0) is 57.4 Å². The van der Waals surface area contributed by atoms with Gasteiger partial charge >= 0.3 is 0 Å². The molecule has 0 spiro atoms. The van der Waals surface area contributed by atoms with Gasteiger partial charge in [0.15, 0.2) is 0 Å². The van der Waals surface area contributed by atoms with E-state index in [4.69, 9.17) is 4.74 Å². The Morgan fingerprint density at radius 2 is 2.21 bits per heavy atom. The van der Waals surface area contributed by atoms with Gasteiger partial charge in [0.25, 0.3) is 0 Å². The van der Waals surface area contributed by atoms with Gasteiger partial charge in [-0.2, -0.15) is 5.26 Å². The number of hydrogen-bond acceptors (Lipinski definition) is 3. The van der Waals surface area contributed by atoms with Crippen LogP contribution < -0.4 is 10.1 Å². The maximum Gasteiger partial charge on any atom is 0.119 e. The first-order chi connectivity index (χ1) is 9.09. The smallest absolute Gasteiger partial charge is 0.119 e. The highest BCUT2D eigenvalue weighted by atomic mass is 16.5. The summed E-state index contributed by atoms with van der Waals surface area (Å²) >= 11 is 0. The quantitative estimate of drug-likeness (QED) is 0.728. The fraction of sp³-hybridized carbons (Fsp3) is 0.562. The minimum Gasteiger partial charge on any atom is -0.494 e. The molecule has 1 unspecified atom stereocenters. The zero-order valence-electron chi connectivity index (χ0n) is 12.2.